The van der Waals surface area contributed by atoms with Crippen molar-refractivity contribution in [2.24, 2.45) is 11.8 Å². The minimum atomic E-state index is -0.812. The molecule has 2 atom stereocenters. The average Bonchev–Trinajstić information content (AvgIpc) is 2.72. The maximum Gasteiger partial charge on any atom is 0.308 e. The first-order valence-corrected chi connectivity index (χ1v) is 7.59. The van der Waals surface area contributed by atoms with Gasteiger partial charge in [-0.2, -0.15) is 0 Å². The molecule has 0 amide bonds. The summed E-state index contributed by atoms with van der Waals surface area (Å²) in [6, 6.07) is -0.219. The zero-order chi connectivity index (χ0) is 14.5. The van der Waals surface area contributed by atoms with Crippen molar-refractivity contribution in [1.29, 1.82) is 0 Å². The Hall–Kier alpha value is -1.46. The van der Waals surface area contributed by atoms with Gasteiger partial charge in [-0.3, -0.25) is 4.79 Å². The van der Waals surface area contributed by atoms with Gasteiger partial charge in [0.2, 0.25) is 0 Å². The van der Waals surface area contributed by atoms with Gasteiger partial charge in [0.15, 0.2) is 5.82 Å². The van der Waals surface area contributed by atoms with Gasteiger partial charge >= 0.3 is 5.97 Å². The number of aliphatic carboxylic acids is 1. The molecule has 6 nitrogen and oxygen atoms in total. The van der Waals surface area contributed by atoms with E-state index in [4.69, 9.17) is 5.11 Å². The Morgan fingerprint density at radius 2 is 1.95 bits per heavy atom. The van der Waals surface area contributed by atoms with Gasteiger partial charge in [-0.1, -0.05) is 38.5 Å². The average molecular weight is 280 g/mol. The van der Waals surface area contributed by atoms with Crippen LogP contribution >= 0.6 is 0 Å². The summed E-state index contributed by atoms with van der Waals surface area (Å²) in [6.07, 6.45) is 8.55. The molecule has 1 N–H and O–H groups in total. The van der Waals surface area contributed by atoms with Crippen molar-refractivity contribution in [3.05, 3.63) is 5.82 Å². The molecule has 1 aromatic rings. The molecular weight excluding hydrogens is 256 g/mol. The summed E-state index contributed by atoms with van der Waals surface area (Å²) in [5.41, 5.74) is 0. The summed E-state index contributed by atoms with van der Waals surface area (Å²) in [6.45, 7) is 3.57. The van der Waals surface area contributed by atoms with Crippen molar-refractivity contribution in [1.82, 2.24) is 20.2 Å². The van der Waals surface area contributed by atoms with E-state index in [1.807, 2.05) is 6.92 Å². The molecule has 0 radical (unpaired) electrons. The van der Waals surface area contributed by atoms with Crippen LogP contribution in [0, 0.1) is 11.8 Å². The van der Waals surface area contributed by atoms with E-state index in [1.165, 1.54) is 38.5 Å². The lowest BCUT2D eigenvalue weighted by atomic mass is 9.96. The van der Waals surface area contributed by atoms with Crippen LogP contribution in [0.2, 0.25) is 0 Å². The Balaban J connectivity index is 2.05. The summed E-state index contributed by atoms with van der Waals surface area (Å²) in [5, 5.41) is 21.0. The molecule has 1 fully saturated rings. The summed E-state index contributed by atoms with van der Waals surface area (Å²) in [5.74, 6) is 0.159. The van der Waals surface area contributed by atoms with Crippen LogP contribution in [0.5, 0.6) is 0 Å². The van der Waals surface area contributed by atoms with Crippen LogP contribution in [0.3, 0.4) is 0 Å². The number of carboxylic acid groups (broad SMARTS) is 1. The highest BCUT2D eigenvalue weighted by Crippen LogP contribution is 2.26. The third-order valence-electron chi connectivity index (χ3n) is 4.51. The molecule has 20 heavy (non-hydrogen) atoms. The van der Waals surface area contributed by atoms with E-state index >= 15 is 0 Å². The number of rotatable bonds is 5. The van der Waals surface area contributed by atoms with Crippen LogP contribution < -0.4 is 0 Å². The fourth-order valence-corrected chi connectivity index (χ4v) is 2.91. The van der Waals surface area contributed by atoms with E-state index in [0.29, 0.717) is 5.92 Å². The normalized spacial score (nSPS) is 20.3. The molecule has 1 aromatic heterocycles. The standard InChI is InChI=1S/C14H24N4O2/c1-10(14(19)20)11(2)18-13(15-16-17-18)9-12-7-5-3-4-6-8-12/h10-12H,3-9H2,1-2H3,(H,19,20). The predicted molar refractivity (Wildman–Crippen MR) is 74.2 cm³/mol. The van der Waals surface area contributed by atoms with E-state index < -0.39 is 11.9 Å². The first kappa shape index (κ1) is 14.9. The molecule has 1 aliphatic carbocycles. The number of nitrogens with zero attached hydrogens (tertiary/aromatic N) is 4. The summed E-state index contributed by atoms with van der Waals surface area (Å²) in [7, 11) is 0. The zero-order valence-electron chi connectivity index (χ0n) is 12.3. The summed E-state index contributed by atoms with van der Waals surface area (Å²) < 4.78 is 1.70. The molecule has 2 unspecified atom stereocenters. The lowest BCUT2D eigenvalue weighted by Crippen LogP contribution is -2.24. The predicted octanol–water partition coefficient (Wildman–Crippen LogP) is 2.47. The molecule has 1 aliphatic rings. The Kier molecular flexibility index (Phi) is 5.09. The van der Waals surface area contributed by atoms with E-state index in [2.05, 4.69) is 15.5 Å². The van der Waals surface area contributed by atoms with Gasteiger partial charge in [-0.25, -0.2) is 4.68 Å². The van der Waals surface area contributed by atoms with Crippen molar-refractivity contribution in [3.8, 4) is 0 Å². The Bertz CT molecular complexity index is 438. The highest BCUT2D eigenvalue weighted by Gasteiger charge is 2.25. The minimum Gasteiger partial charge on any atom is -0.481 e. The largest absolute Gasteiger partial charge is 0.481 e. The molecular formula is C14H24N4O2. The lowest BCUT2D eigenvalue weighted by Gasteiger charge is -2.19. The van der Waals surface area contributed by atoms with Crippen LogP contribution in [-0.2, 0) is 11.2 Å². The summed E-state index contributed by atoms with van der Waals surface area (Å²) in [4.78, 5) is 11.1. The quantitative estimate of drug-likeness (QED) is 0.838. The van der Waals surface area contributed by atoms with Crippen molar-refractivity contribution in [2.75, 3.05) is 0 Å². The number of hydrogen-bond acceptors (Lipinski definition) is 4. The SMILES string of the molecule is CC(C(=O)O)C(C)n1nnnc1CC1CCCCCC1. The third-order valence-corrected chi connectivity index (χ3v) is 4.51. The van der Waals surface area contributed by atoms with Crippen molar-refractivity contribution < 1.29 is 9.90 Å². The fourth-order valence-electron chi connectivity index (χ4n) is 2.91. The monoisotopic (exact) mass is 280 g/mol. The molecule has 2 rings (SSSR count). The van der Waals surface area contributed by atoms with Gasteiger partial charge < -0.3 is 5.11 Å². The van der Waals surface area contributed by atoms with E-state index in [0.717, 1.165) is 12.2 Å². The van der Waals surface area contributed by atoms with Crippen LogP contribution in [0.4, 0.5) is 0 Å². The summed E-state index contributed by atoms with van der Waals surface area (Å²) >= 11 is 0. The molecule has 1 saturated carbocycles. The van der Waals surface area contributed by atoms with Gasteiger partial charge in [0.25, 0.3) is 0 Å². The number of hydrogen-bond donors (Lipinski definition) is 1. The van der Waals surface area contributed by atoms with Gasteiger partial charge in [-0.15, -0.1) is 5.10 Å². The van der Waals surface area contributed by atoms with Gasteiger partial charge in [0, 0.05) is 6.42 Å². The lowest BCUT2D eigenvalue weighted by molar-refractivity contribution is -0.142. The maximum absolute atomic E-state index is 11.1. The first-order chi connectivity index (χ1) is 9.59. The highest BCUT2D eigenvalue weighted by atomic mass is 16.4. The number of carbonyl (C=O) groups is 1. The Morgan fingerprint density at radius 3 is 2.55 bits per heavy atom. The van der Waals surface area contributed by atoms with Crippen LogP contribution in [0.15, 0.2) is 0 Å². The van der Waals surface area contributed by atoms with E-state index in [-0.39, 0.29) is 6.04 Å². The second-order valence-electron chi connectivity index (χ2n) is 5.97. The highest BCUT2D eigenvalue weighted by molar-refractivity contribution is 5.70. The first-order valence-electron chi connectivity index (χ1n) is 7.59. The Morgan fingerprint density at radius 1 is 1.30 bits per heavy atom. The van der Waals surface area contributed by atoms with Gasteiger partial charge in [-0.05, 0) is 30.2 Å². The smallest absolute Gasteiger partial charge is 0.308 e. The van der Waals surface area contributed by atoms with Crippen molar-refractivity contribution >= 4 is 5.97 Å². The van der Waals surface area contributed by atoms with Crippen molar-refractivity contribution in [2.45, 2.75) is 64.8 Å². The Labute approximate surface area is 119 Å². The topological polar surface area (TPSA) is 80.9 Å². The maximum atomic E-state index is 11.1. The molecule has 0 spiro atoms. The third kappa shape index (κ3) is 3.55. The second-order valence-corrected chi connectivity index (χ2v) is 5.97. The zero-order valence-corrected chi connectivity index (χ0v) is 12.3. The van der Waals surface area contributed by atoms with E-state index in [9.17, 15) is 4.79 Å². The van der Waals surface area contributed by atoms with Gasteiger partial charge in [0.1, 0.15) is 0 Å². The van der Waals surface area contributed by atoms with Crippen LogP contribution in [-0.4, -0.2) is 31.3 Å². The molecule has 112 valence electrons. The van der Waals surface area contributed by atoms with Crippen LogP contribution in [0.1, 0.15) is 64.2 Å². The number of aromatic nitrogens is 4. The molecule has 1 heterocycles. The fraction of sp³-hybridized carbons (Fsp3) is 0.857. The van der Waals surface area contributed by atoms with Crippen molar-refractivity contribution in [3.63, 3.8) is 0 Å². The minimum absolute atomic E-state index is 0.219. The van der Waals surface area contributed by atoms with Gasteiger partial charge in [0.05, 0.1) is 12.0 Å². The second kappa shape index (κ2) is 6.81. The molecule has 0 aromatic carbocycles. The molecule has 0 bridgehead atoms. The molecule has 0 aliphatic heterocycles. The van der Waals surface area contributed by atoms with E-state index in [1.54, 1.807) is 11.6 Å². The van der Waals surface area contributed by atoms with Crippen LogP contribution in [0.25, 0.3) is 0 Å². The molecule has 0 saturated heterocycles. The molecule has 6 heteroatoms. The number of carboxylic acids is 1. The number of tetrazole rings is 1.